The van der Waals surface area contributed by atoms with Crippen LogP contribution in [0, 0.1) is 5.92 Å². The minimum absolute atomic E-state index is 0.651. The zero-order chi connectivity index (χ0) is 11.0. The van der Waals surface area contributed by atoms with Crippen molar-refractivity contribution in [2.45, 2.75) is 19.4 Å². The number of aromatic nitrogens is 1. The summed E-state index contributed by atoms with van der Waals surface area (Å²) >= 11 is 1.56. The second-order valence-electron chi connectivity index (χ2n) is 4.43. The Labute approximate surface area is 98.7 Å². The van der Waals surface area contributed by atoms with Gasteiger partial charge in [-0.3, -0.25) is 0 Å². The van der Waals surface area contributed by atoms with Crippen LogP contribution in [-0.2, 0) is 6.54 Å². The van der Waals surface area contributed by atoms with Crippen molar-refractivity contribution < 1.29 is 0 Å². The third-order valence-electron chi connectivity index (χ3n) is 2.93. The number of hydrogen-bond donors (Lipinski definition) is 2. The quantitative estimate of drug-likeness (QED) is 0.852. The van der Waals surface area contributed by atoms with Crippen molar-refractivity contribution in [2.24, 2.45) is 5.92 Å². The summed E-state index contributed by atoms with van der Waals surface area (Å²) in [6.45, 7) is 2.10. The summed E-state index contributed by atoms with van der Waals surface area (Å²) in [5.74, 6) is 0.933. The summed E-state index contributed by atoms with van der Waals surface area (Å²) in [7, 11) is 0. The molecule has 1 aliphatic rings. The highest BCUT2D eigenvalue weighted by molar-refractivity contribution is 7.22. The Morgan fingerprint density at radius 2 is 2.31 bits per heavy atom. The molecule has 3 rings (SSSR count). The number of fused-ring (bicyclic) bond motifs is 1. The number of nitrogens with zero attached hydrogens (tertiary/aromatic N) is 1. The molecule has 1 saturated carbocycles. The summed E-state index contributed by atoms with van der Waals surface area (Å²) in [6, 6.07) is 6.36. The largest absolute Gasteiger partial charge is 0.375 e. The average Bonchev–Trinajstić information content (AvgIpc) is 2.99. The van der Waals surface area contributed by atoms with Crippen molar-refractivity contribution in [2.75, 3.05) is 12.3 Å². The molecule has 2 aromatic rings. The Kier molecular flexibility index (Phi) is 2.53. The van der Waals surface area contributed by atoms with E-state index in [9.17, 15) is 0 Å². The van der Waals surface area contributed by atoms with E-state index in [0.29, 0.717) is 5.13 Å². The van der Waals surface area contributed by atoms with Gasteiger partial charge in [-0.05, 0) is 43.0 Å². The fourth-order valence-corrected chi connectivity index (χ4v) is 2.64. The van der Waals surface area contributed by atoms with Crippen LogP contribution < -0.4 is 11.1 Å². The topological polar surface area (TPSA) is 50.9 Å². The van der Waals surface area contributed by atoms with Gasteiger partial charge >= 0.3 is 0 Å². The second kappa shape index (κ2) is 4.03. The van der Waals surface area contributed by atoms with Gasteiger partial charge in [0.15, 0.2) is 5.13 Å². The Hall–Kier alpha value is -1.13. The number of nitrogen functional groups attached to an aromatic ring is 1. The Morgan fingerprint density at radius 1 is 1.44 bits per heavy atom. The molecule has 0 bridgehead atoms. The Balaban J connectivity index is 1.70. The molecule has 4 heteroatoms. The normalized spacial score (nSPS) is 15.8. The number of nitrogens with one attached hydrogen (secondary N) is 1. The van der Waals surface area contributed by atoms with E-state index < -0.39 is 0 Å². The molecule has 0 atom stereocenters. The first-order valence-corrected chi connectivity index (χ1v) is 6.48. The van der Waals surface area contributed by atoms with Crippen molar-refractivity contribution in [1.29, 1.82) is 0 Å². The van der Waals surface area contributed by atoms with Gasteiger partial charge in [0.25, 0.3) is 0 Å². The lowest BCUT2D eigenvalue weighted by molar-refractivity contribution is 0.639. The van der Waals surface area contributed by atoms with E-state index in [1.54, 1.807) is 11.3 Å². The molecule has 0 unspecified atom stereocenters. The molecular weight excluding hydrogens is 218 g/mol. The zero-order valence-electron chi connectivity index (χ0n) is 9.07. The lowest BCUT2D eigenvalue weighted by Crippen LogP contribution is -2.15. The molecule has 1 aromatic heterocycles. The van der Waals surface area contributed by atoms with E-state index in [2.05, 4.69) is 28.5 Å². The van der Waals surface area contributed by atoms with Crippen LogP contribution in [0.5, 0.6) is 0 Å². The molecule has 1 aromatic carbocycles. The molecule has 0 radical (unpaired) electrons. The number of hydrogen-bond acceptors (Lipinski definition) is 4. The maximum atomic E-state index is 5.68. The minimum Gasteiger partial charge on any atom is -0.375 e. The second-order valence-corrected chi connectivity index (χ2v) is 5.49. The van der Waals surface area contributed by atoms with Gasteiger partial charge in [0.2, 0.25) is 0 Å². The summed E-state index contributed by atoms with van der Waals surface area (Å²) in [6.07, 6.45) is 2.80. The molecule has 16 heavy (non-hydrogen) atoms. The molecule has 3 N–H and O–H groups in total. The SMILES string of the molecule is Nc1nc2ccc(CNCC3CC3)cc2s1. The standard InChI is InChI=1S/C12H15N3S/c13-12-15-10-4-3-9(5-11(10)16-12)7-14-6-8-1-2-8/h3-5,8,14H,1-2,6-7H2,(H2,13,15). The van der Waals surface area contributed by atoms with E-state index in [1.807, 2.05) is 0 Å². The monoisotopic (exact) mass is 233 g/mol. The highest BCUT2D eigenvalue weighted by Crippen LogP contribution is 2.28. The van der Waals surface area contributed by atoms with Crippen LogP contribution in [0.1, 0.15) is 18.4 Å². The van der Waals surface area contributed by atoms with E-state index >= 15 is 0 Å². The van der Waals surface area contributed by atoms with Crippen molar-refractivity contribution in [3.63, 3.8) is 0 Å². The van der Waals surface area contributed by atoms with Gasteiger partial charge in [-0.1, -0.05) is 17.4 Å². The molecule has 0 amide bonds. The van der Waals surface area contributed by atoms with Crippen molar-refractivity contribution >= 4 is 26.7 Å². The van der Waals surface area contributed by atoms with Gasteiger partial charge in [-0.15, -0.1) is 0 Å². The Morgan fingerprint density at radius 3 is 3.12 bits per heavy atom. The van der Waals surface area contributed by atoms with Crippen LogP contribution >= 0.6 is 11.3 Å². The molecule has 84 valence electrons. The van der Waals surface area contributed by atoms with E-state index in [1.165, 1.54) is 23.1 Å². The summed E-state index contributed by atoms with van der Waals surface area (Å²) in [5, 5.41) is 4.14. The first kappa shape index (κ1) is 10.1. The molecule has 0 spiro atoms. The van der Waals surface area contributed by atoms with Crippen molar-refractivity contribution in [3.8, 4) is 0 Å². The zero-order valence-corrected chi connectivity index (χ0v) is 9.89. The van der Waals surface area contributed by atoms with Crippen molar-refractivity contribution in [1.82, 2.24) is 10.3 Å². The number of anilines is 1. The van der Waals surface area contributed by atoms with Crippen LogP contribution in [0.2, 0.25) is 0 Å². The lowest BCUT2D eigenvalue weighted by atomic mass is 10.2. The molecule has 0 saturated heterocycles. The number of thiazole rings is 1. The summed E-state index contributed by atoms with van der Waals surface area (Å²) < 4.78 is 1.18. The van der Waals surface area contributed by atoms with E-state index in [-0.39, 0.29) is 0 Å². The third kappa shape index (κ3) is 2.18. The van der Waals surface area contributed by atoms with Gasteiger partial charge in [0.1, 0.15) is 0 Å². The first-order valence-electron chi connectivity index (χ1n) is 5.67. The minimum atomic E-state index is 0.651. The fourth-order valence-electron chi connectivity index (χ4n) is 1.84. The van der Waals surface area contributed by atoms with Crippen LogP contribution in [-0.4, -0.2) is 11.5 Å². The highest BCUT2D eigenvalue weighted by atomic mass is 32.1. The van der Waals surface area contributed by atoms with Crippen molar-refractivity contribution in [3.05, 3.63) is 23.8 Å². The van der Waals surface area contributed by atoms with Gasteiger partial charge in [0.05, 0.1) is 10.2 Å². The molecule has 1 aliphatic carbocycles. The van der Waals surface area contributed by atoms with Crippen LogP contribution in [0.25, 0.3) is 10.2 Å². The maximum absolute atomic E-state index is 5.68. The van der Waals surface area contributed by atoms with Crippen LogP contribution in [0.3, 0.4) is 0 Å². The summed E-state index contributed by atoms with van der Waals surface area (Å²) in [5.41, 5.74) is 8.00. The fraction of sp³-hybridized carbons (Fsp3) is 0.417. The molecular formula is C12H15N3S. The maximum Gasteiger partial charge on any atom is 0.181 e. The first-order chi connectivity index (χ1) is 7.81. The molecule has 1 heterocycles. The predicted molar refractivity (Wildman–Crippen MR) is 68.5 cm³/mol. The third-order valence-corrected chi connectivity index (χ3v) is 3.78. The van der Waals surface area contributed by atoms with Gasteiger partial charge in [0, 0.05) is 6.54 Å². The van der Waals surface area contributed by atoms with E-state index in [0.717, 1.165) is 24.5 Å². The molecule has 1 fully saturated rings. The lowest BCUT2D eigenvalue weighted by Gasteiger charge is -2.03. The number of benzene rings is 1. The smallest absolute Gasteiger partial charge is 0.181 e. The van der Waals surface area contributed by atoms with Crippen LogP contribution in [0.15, 0.2) is 18.2 Å². The number of rotatable bonds is 4. The molecule has 3 nitrogen and oxygen atoms in total. The molecule has 0 aliphatic heterocycles. The van der Waals surface area contributed by atoms with E-state index in [4.69, 9.17) is 5.73 Å². The predicted octanol–water partition coefficient (Wildman–Crippen LogP) is 2.38. The average molecular weight is 233 g/mol. The van der Waals surface area contributed by atoms with Gasteiger partial charge in [-0.2, -0.15) is 0 Å². The summed E-state index contributed by atoms with van der Waals surface area (Å²) in [4.78, 5) is 4.25. The van der Waals surface area contributed by atoms with Gasteiger partial charge in [-0.25, -0.2) is 4.98 Å². The van der Waals surface area contributed by atoms with Crippen LogP contribution in [0.4, 0.5) is 5.13 Å². The highest BCUT2D eigenvalue weighted by Gasteiger charge is 2.20. The Bertz CT molecular complexity index is 502. The van der Waals surface area contributed by atoms with Gasteiger partial charge < -0.3 is 11.1 Å². The number of nitrogens with two attached hydrogens (primary N) is 1.